The van der Waals surface area contributed by atoms with Gasteiger partial charge in [0, 0.05) is 6.54 Å². The molecule has 0 aliphatic carbocycles. The highest BCUT2D eigenvalue weighted by Crippen LogP contribution is 2.29. The van der Waals surface area contributed by atoms with Crippen LogP contribution in [0.1, 0.15) is 37.2 Å². The van der Waals surface area contributed by atoms with Gasteiger partial charge in [-0.3, -0.25) is 0 Å². The Hall–Kier alpha value is -1.79. The summed E-state index contributed by atoms with van der Waals surface area (Å²) in [6.07, 6.45) is -0.967. The molecule has 19 heavy (non-hydrogen) atoms. The third-order valence-corrected chi connectivity index (χ3v) is 3.07. The van der Waals surface area contributed by atoms with E-state index in [-0.39, 0.29) is 18.3 Å². The molecule has 0 radical (unpaired) electrons. The van der Waals surface area contributed by atoms with E-state index in [0.717, 1.165) is 5.56 Å². The molecule has 6 heteroatoms. The smallest absolute Gasteiger partial charge is 0.256 e. The second-order valence-electron chi connectivity index (χ2n) is 4.84. The van der Waals surface area contributed by atoms with Crippen LogP contribution in [0.4, 0.5) is 4.39 Å². The van der Waals surface area contributed by atoms with Crippen LogP contribution in [0.5, 0.6) is 0 Å². The van der Waals surface area contributed by atoms with Crippen molar-refractivity contribution in [3.05, 3.63) is 47.4 Å². The van der Waals surface area contributed by atoms with Gasteiger partial charge < -0.3 is 15.4 Å². The van der Waals surface area contributed by atoms with E-state index in [1.807, 2.05) is 13.8 Å². The molecule has 0 saturated carbocycles. The zero-order valence-electron chi connectivity index (χ0n) is 10.8. The molecule has 1 aromatic heterocycles. The standard InChI is InChI=1S/C13H16FN3O2/c1-13(2,8-3-5-9(14)6-4-8)12-16-11(19-17-12)10(18)7-15/h3-6,10,18H,7,15H2,1-2H3. The summed E-state index contributed by atoms with van der Waals surface area (Å²) in [5.41, 5.74) is 5.63. The van der Waals surface area contributed by atoms with Crippen LogP contribution >= 0.6 is 0 Å². The third kappa shape index (κ3) is 2.64. The highest BCUT2D eigenvalue weighted by Gasteiger charge is 2.30. The Morgan fingerprint density at radius 1 is 1.37 bits per heavy atom. The summed E-state index contributed by atoms with van der Waals surface area (Å²) >= 11 is 0. The van der Waals surface area contributed by atoms with E-state index in [1.54, 1.807) is 12.1 Å². The number of nitrogens with zero attached hydrogens (tertiary/aromatic N) is 2. The summed E-state index contributed by atoms with van der Waals surface area (Å²) in [5, 5.41) is 13.4. The minimum absolute atomic E-state index is 0.0125. The summed E-state index contributed by atoms with van der Waals surface area (Å²) in [6, 6.07) is 6.11. The van der Waals surface area contributed by atoms with Crippen LogP contribution in [-0.4, -0.2) is 21.8 Å². The SMILES string of the molecule is CC(C)(c1ccc(F)cc1)c1noc(C(O)CN)n1. The van der Waals surface area contributed by atoms with E-state index in [0.29, 0.717) is 5.82 Å². The molecule has 2 aromatic rings. The van der Waals surface area contributed by atoms with Crippen LogP contribution in [0.3, 0.4) is 0 Å². The Bertz CT molecular complexity index is 551. The highest BCUT2D eigenvalue weighted by atomic mass is 19.1. The Labute approximate surface area is 110 Å². The summed E-state index contributed by atoms with van der Waals surface area (Å²) in [7, 11) is 0. The molecular formula is C13H16FN3O2. The molecule has 0 bridgehead atoms. The minimum atomic E-state index is -0.967. The largest absolute Gasteiger partial charge is 0.382 e. The van der Waals surface area contributed by atoms with E-state index in [9.17, 15) is 9.50 Å². The van der Waals surface area contributed by atoms with Gasteiger partial charge >= 0.3 is 0 Å². The molecule has 102 valence electrons. The van der Waals surface area contributed by atoms with Gasteiger partial charge in [-0.15, -0.1) is 0 Å². The van der Waals surface area contributed by atoms with Crippen molar-refractivity contribution in [2.24, 2.45) is 5.73 Å². The molecule has 0 saturated heterocycles. The van der Waals surface area contributed by atoms with Crippen LogP contribution in [-0.2, 0) is 5.41 Å². The van der Waals surface area contributed by atoms with E-state index in [1.165, 1.54) is 12.1 Å². The van der Waals surface area contributed by atoms with Crippen molar-refractivity contribution in [1.29, 1.82) is 0 Å². The predicted octanol–water partition coefficient (Wildman–Crippen LogP) is 1.53. The number of hydrogen-bond acceptors (Lipinski definition) is 5. The van der Waals surface area contributed by atoms with Crippen molar-refractivity contribution >= 4 is 0 Å². The van der Waals surface area contributed by atoms with Gasteiger partial charge in [-0.25, -0.2) is 4.39 Å². The van der Waals surface area contributed by atoms with Crippen LogP contribution in [0.15, 0.2) is 28.8 Å². The van der Waals surface area contributed by atoms with Gasteiger partial charge in [-0.1, -0.05) is 17.3 Å². The molecule has 0 amide bonds. The molecule has 0 fully saturated rings. The second kappa shape index (κ2) is 5.07. The maximum Gasteiger partial charge on any atom is 0.256 e. The first kappa shape index (κ1) is 13.6. The Morgan fingerprint density at radius 3 is 2.58 bits per heavy atom. The van der Waals surface area contributed by atoms with E-state index < -0.39 is 11.5 Å². The van der Waals surface area contributed by atoms with Crippen molar-refractivity contribution in [2.75, 3.05) is 6.54 Å². The third-order valence-electron chi connectivity index (χ3n) is 3.07. The predicted molar refractivity (Wildman–Crippen MR) is 66.8 cm³/mol. The number of rotatable bonds is 4. The number of nitrogens with two attached hydrogens (primary N) is 1. The zero-order chi connectivity index (χ0) is 14.0. The number of aliphatic hydroxyl groups is 1. The normalized spacial score (nSPS) is 13.5. The van der Waals surface area contributed by atoms with Gasteiger partial charge in [-0.05, 0) is 31.5 Å². The molecule has 1 atom stereocenters. The lowest BCUT2D eigenvalue weighted by Gasteiger charge is -2.20. The van der Waals surface area contributed by atoms with Gasteiger partial charge in [0.15, 0.2) is 5.82 Å². The summed E-state index contributed by atoms with van der Waals surface area (Å²) < 4.78 is 17.9. The lowest BCUT2D eigenvalue weighted by Crippen LogP contribution is -2.21. The summed E-state index contributed by atoms with van der Waals surface area (Å²) in [4.78, 5) is 4.15. The molecule has 1 heterocycles. The van der Waals surface area contributed by atoms with E-state index in [2.05, 4.69) is 10.1 Å². The fourth-order valence-electron chi connectivity index (χ4n) is 1.72. The molecule has 2 rings (SSSR count). The Kier molecular flexibility index (Phi) is 3.64. The first-order chi connectivity index (χ1) is 8.95. The van der Waals surface area contributed by atoms with E-state index in [4.69, 9.17) is 10.3 Å². The van der Waals surface area contributed by atoms with Gasteiger partial charge in [-0.2, -0.15) is 4.98 Å². The maximum atomic E-state index is 12.9. The van der Waals surface area contributed by atoms with E-state index >= 15 is 0 Å². The number of aromatic nitrogens is 2. The molecular weight excluding hydrogens is 249 g/mol. The first-order valence-electron chi connectivity index (χ1n) is 5.93. The van der Waals surface area contributed by atoms with Crippen LogP contribution in [0.25, 0.3) is 0 Å². The van der Waals surface area contributed by atoms with Gasteiger partial charge in [0.2, 0.25) is 0 Å². The zero-order valence-corrected chi connectivity index (χ0v) is 10.8. The van der Waals surface area contributed by atoms with Crippen molar-refractivity contribution in [1.82, 2.24) is 10.1 Å². The monoisotopic (exact) mass is 265 g/mol. The average Bonchev–Trinajstić information content (AvgIpc) is 2.88. The second-order valence-corrected chi connectivity index (χ2v) is 4.84. The molecule has 1 unspecified atom stereocenters. The summed E-state index contributed by atoms with van der Waals surface area (Å²) in [5.74, 6) is 0.209. The van der Waals surface area contributed by atoms with Crippen LogP contribution in [0.2, 0.25) is 0 Å². The average molecular weight is 265 g/mol. The first-order valence-corrected chi connectivity index (χ1v) is 5.93. The Morgan fingerprint density at radius 2 is 2.00 bits per heavy atom. The van der Waals surface area contributed by atoms with Crippen LogP contribution in [0, 0.1) is 5.82 Å². The molecule has 3 N–H and O–H groups in total. The van der Waals surface area contributed by atoms with Crippen LogP contribution < -0.4 is 5.73 Å². The van der Waals surface area contributed by atoms with Crippen molar-refractivity contribution in [3.8, 4) is 0 Å². The quantitative estimate of drug-likeness (QED) is 0.875. The lowest BCUT2D eigenvalue weighted by atomic mass is 9.84. The number of hydrogen-bond donors (Lipinski definition) is 2. The molecule has 0 aliphatic heterocycles. The highest BCUT2D eigenvalue weighted by molar-refractivity contribution is 5.30. The number of halogens is 1. The fraction of sp³-hybridized carbons (Fsp3) is 0.385. The van der Waals surface area contributed by atoms with Gasteiger partial charge in [0.1, 0.15) is 11.9 Å². The lowest BCUT2D eigenvalue weighted by molar-refractivity contribution is 0.141. The van der Waals surface area contributed by atoms with Gasteiger partial charge in [0.25, 0.3) is 5.89 Å². The molecule has 0 aliphatic rings. The van der Waals surface area contributed by atoms with Crippen molar-refractivity contribution in [2.45, 2.75) is 25.4 Å². The number of benzene rings is 1. The number of aliphatic hydroxyl groups excluding tert-OH is 1. The van der Waals surface area contributed by atoms with Gasteiger partial charge in [0.05, 0.1) is 5.41 Å². The summed E-state index contributed by atoms with van der Waals surface area (Å²) in [6.45, 7) is 3.80. The molecule has 1 aromatic carbocycles. The molecule has 0 spiro atoms. The van der Waals surface area contributed by atoms with Crippen molar-refractivity contribution in [3.63, 3.8) is 0 Å². The topological polar surface area (TPSA) is 85.2 Å². The van der Waals surface area contributed by atoms with Crippen molar-refractivity contribution < 1.29 is 14.0 Å². The Balaban J connectivity index is 2.33. The minimum Gasteiger partial charge on any atom is -0.382 e. The molecule has 5 nitrogen and oxygen atoms in total. The maximum absolute atomic E-state index is 12.9. The fourth-order valence-corrected chi connectivity index (χ4v) is 1.72.